The Hall–Kier alpha value is -2.57. The van der Waals surface area contributed by atoms with Crippen molar-refractivity contribution in [2.45, 2.75) is 38.1 Å². The summed E-state index contributed by atoms with van der Waals surface area (Å²) in [6.07, 6.45) is 6.99. The molecule has 2 heterocycles. The van der Waals surface area contributed by atoms with Gasteiger partial charge in [-0.3, -0.25) is 9.59 Å². The highest BCUT2D eigenvalue weighted by atomic mass is 35.5. The van der Waals surface area contributed by atoms with Crippen molar-refractivity contribution in [1.29, 1.82) is 0 Å². The number of carbonyl (C=O) groups excluding carboxylic acids is 2. The lowest BCUT2D eigenvalue weighted by Gasteiger charge is -2.26. The number of hydrogen-bond donors (Lipinski definition) is 5. The van der Waals surface area contributed by atoms with Gasteiger partial charge in [0, 0.05) is 22.2 Å². The van der Waals surface area contributed by atoms with E-state index >= 15 is 0 Å². The van der Waals surface area contributed by atoms with Crippen molar-refractivity contribution in [3.05, 3.63) is 29.0 Å². The molecule has 1 aromatic carbocycles. The predicted molar refractivity (Wildman–Crippen MR) is 132 cm³/mol. The number of halogens is 2. The normalized spacial score (nSPS) is 16.0. The third-order valence-corrected chi connectivity index (χ3v) is 5.75. The zero-order valence-corrected chi connectivity index (χ0v) is 19.4. The smallest absolute Gasteiger partial charge is 0.272 e. The number of aromatic nitrogens is 1. The van der Waals surface area contributed by atoms with E-state index in [0.717, 1.165) is 36.6 Å². The summed E-state index contributed by atoms with van der Waals surface area (Å²) in [5, 5.41) is 10.6. The molecule has 8 nitrogen and oxygen atoms in total. The fourth-order valence-corrected chi connectivity index (χ4v) is 4.21. The van der Waals surface area contributed by atoms with Gasteiger partial charge in [-0.2, -0.15) is 5.10 Å². The van der Waals surface area contributed by atoms with E-state index in [1.807, 2.05) is 13.1 Å². The van der Waals surface area contributed by atoms with Crippen molar-refractivity contribution in [3.8, 4) is 11.8 Å². The van der Waals surface area contributed by atoms with E-state index in [0.29, 0.717) is 29.0 Å². The molecule has 0 radical (unpaired) electrons. The number of hydrogen-bond acceptors (Lipinski definition) is 5. The molecule has 4 rings (SSSR count). The molecule has 0 unspecified atom stereocenters. The average molecular weight is 479 g/mol. The molecule has 0 bridgehead atoms. The molecule has 2 aromatic rings. The van der Waals surface area contributed by atoms with E-state index in [1.165, 1.54) is 6.42 Å². The van der Waals surface area contributed by atoms with Gasteiger partial charge in [0.1, 0.15) is 0 Å². The molecule has 32 heavy (non-hydrogen) atoms. The number of aromatic amines is 1. The summed E-state index contributed by atoms with van der Waals surface area (Å²) in [5.41, 5.74) is 11.8. The first kappa shape index (κ1) is 25.7. The first-order valence-electron chi connectivity index (χ1n) is 10.3. The van der Waals surface area contributed by atoms with Crippen LogP contribution in [0.15, 0.2) is 17.2 Å². The number of amides is 2. The third kappa shape index (κ3) is 5.25. The molecule has 1 aliphatic heterocycles. The largest absolute Gasteiger partial charge is 0.347 e. The molecule has 6 N–H and O–H groups in total. The Labute approximate surface area is 199 Å². The van der Waals surface area contributed by atoms with Crippen LogP contribution in [0.1, 0.15) is 53.7 Å². The minimum atomic E-state index is -0.556. The topological polar surface area (TPSA) is 124 Å². The van der Waals surface area contributed by atoms with Crippen molar-refractivity contribution < 1.29 is 9.59 Å². The van der Waals surface area contributed by atoms with Crippen LogP contribution >= 0.6 is 24.8 Å². The fourth-order valence-electron chi connectivity index (χ4n) is 4.21. The summed E-state index contributed by atoms with van der Waals surface area (Å²) in [4.78, 5) is 28.6. The van der Waals surface area contributed by atoms with Gasteiger partial charge in [0.05, 0.1) is 30.1 Å². The number of rotatable bonds is 4. The zero-order chi connectivity index (χ0) is 21.1. The summed E-state index contributed by atoms with van der Waals surface area (Å²) in [6, 6.07) is 2.92. The van der Waals surface area contributed by atoms with Gasteiger partial charge in [0.15, 0.2) is 0 Å². The Bertz CT molecular complexity index is 1080. The number of hydrazone groups is 1. The second kappa shape index (κ2) is 11.3. The van der Waals surface area contributed by atoms with Gasteiger partial charge < -0.3 is 21.4 Å². The molecule has 1 fully saturated rings. The fraction of sp³-hybridized carbons (Fsp3) is 0.409. The maximum Gasteiger partial charge on any atom is 0.272 e. The Morgan fingerprint density at radius 3 is 2.75 bits per heavy atom. The molecular weight excluding hydrogens is 451 g/mol. The molecule has 1 aliphatic carbocycles. The summed E-state index contributed by atoms with van der Waals surface area (Å²) >= 11 is 0. The van der Waals surface area contributed by atoms with Crippen LogP contribution in [-0.2, 0) is 4.79 Å². The molecule has 10 heteroatoms. The quantitative estimate of drug-likeness (QED) is 0.432. The second-order valence-corrected chi connectivity index (χ2v) is 7.80. The number of carbonyl (C=O) groups is 2. The van der Waals surface area contributed by atoms with E-state index in [9.17, 15) is 9.59 Å². The van der Waals surface area contributed by atoms with Crippen LogP contribution in [0, 0.1) is 17.8 Å². The highest BCUT2D eigenvalue weighted by molar-refractivity contribution is 6.16. The lowest BCUT2D eigenvalue weighted by Crippen LogP contribution is -2.42. The maximum absolute atomic E-state index is 12.8. The highest BCUT2D eigenvalue weighted by Gasteiger charge is 2.27. The van der Waals surface area contributed by atoms with Crippen LogP contribution < -0.4 is 21.8 Å². The summed E-state index contributed by atoms with van der Waals surface area (Å²) in [7, 11) is 1.82. The van der Waals surface area contributed by atoms with Gasteiger partial charge in [-0.25, -0.2) is 5.43 Å². The predicted octanol–water partition coefficient (Wildman–Crippen LogP) is 2.51. The molecule has 2 aliphatic rings. The van der Waals surface area contributed by atoms with Gasteiger partial charge in [-0.05, 0) is 43.9 Å². The van der Waals surface area contributed by atoms with E-state index < -0.39 is 6.04 Å². The van der Waals surface area contributed by atoms with Gasteiger partial charge in [0.25, 0.3) is 5.91 Å². The SMILES string of the molecule is CNCC#Cc1[nH]c2cc(NC(=O)[C@H](N)C3CCCCC3)cc3c2c1C=NNC3=O.Cl.Cl. The summed E-state index contributed by atoms with van der Waals surface area (Å²) in [6.45, 7) is 0.538. The van der Waals surface area contributed by atoms with E-state index in [-0.39, 0.29) is 42.5 Å². The zero-order valence-electron chi connectivity index (χ0n) is 17.8. The van der Waals surface area contributed by atoms with Gasteiger partial charge in [0.2, 0.25) is 5.91 Å². The first-order valence-corrected chi connectivity index (χ1v) is 10.3. The lowest BCUT2D eigenvalue weighted by atomic mass is 9.84. The van der Waals surface area contributed by atoms with Crippen molar-refractivity contribution in [1.82, 2.24) is 15.7 Å². The number of nitrogens with zero attached hydrogens (tertiary/aromatic N) is 1. The van der Waals surface area contributed by atoms with Gasteiger partial charge in [-0.1, -0.05) is 25.2 Å². The number of anilines is 1. The minimum Gasteiger partial charge on any atom is -0.347 e. The summed E-state index contributed by atoms with van der Waals surface area (Å²) < 4.78 is 0. The van der Waals surface area contributed by atoms with Crippen LogP contribution in [0.3, 0.4) is 0 Å². The van der Waals surface area contributed by atoms with E-state index in [1.54, 1.807) is 12.3 Å². The van der Waals surface area contributed by atoms with Crippen molar-refractivity contribution >= 4 is 59.4 Å². The minimum absolute atomic E-state index is 0. The van der Waals surface area contributed by atoms with Crippen molar-refractivity contribution in [2.75, 3.05) is 18.9 Å². The van der Waals surface area contributed by atoms with Crippen LogP contribution in [0.2, 0.25) is 0 Å². The first-order chi connectivity index (χ1) is 14.6. The molecule has 1 saturated carbocycles. The Kier molecular flexibility index (Phi) is 9.10. The second-order valence-electron chi connectivity index (χ2n) is 7.80. The van der Waals surface area contributed by atoms with E-state index in [2.05, 4.69) is 38.0 Å². The molecule has 0 spiro atoms. The Morgan fingerprint density at radius 2 is 2.03 bits per heavy atom. The molecule has 1 aromatic heterocycles. The average Bonchev–Trinajstić information content (AvgIpc) is 3.00. The maximum atomic E-state index is 12.8. The van der Waals surface area contributed by atoms with E-state index in [4.69, 9.17) is 5.73 Å². The molecule has 172 valence electrons. The lowest BCUT2D eigenvalue weighted by molar-refractivity contribution is -0.118. The summed E-state index contributed by atoms with van der Waals surface area (Å²) in [5.74, 6) is 5.73. The number of nitrogens with two attached hydrogens (primary N) is 1. The molecular formula is C22H28Cl2N6O2. The highest BCUT2D eigenvalue weighted by Crippen LogP contribution is 2.30. The Balaban J connectivity index is 0.00000181. The number of benzene rings is 1. The van der Waals surface area contributed by atoms with Gasteiger partial charge in [-0.15, -0.1) is 24.8 Å². The monoisotopic (exact) mass is 478 g/mol. The van der Waals surface area contributed by atoms with Crippen LogP contribution in [0.5, 0.6) is 0 Å². The molecule has 1 atom stereocenters. The van der Waals surface area contributed by atoms with Crippen LogP contribution in [0.25, 0.3) is 10.9 Å². The number of H-pyrrole nitrogens is 1. The van der Waals surface area contributed by atoms with Crippen molar-refractivity contribution in [3.63, 3.8) is 0 Å². The number of nitrogens with one attached hydrogen (secondary N) is 4. The van der Waals surface area contributed by atoms with Gasteiger partial charge >= 0.3 is 0 Å². The standard InChI is InChI=1S/C22H26N6O2.2ClH/c1-24-9-5-8-17-16-12-25-28-21(29)15-10-14(11-18(27-17)19(15)16)26-22(30)20(23)13-6-3-2-4-7-13;;/h10-13,20,24,27H,2-4,6-7,9,23H2,1H3,(H,26,30)(H,28,29);2*1H/t20-;;/m1../s1. The molecule has 2 amide bonds. The third-order valence-electron chi connectivity index (χ3n) is 5.75. The molecule has 0 saturated heterocycles. The van der Waals surface area contributed by atoms with Crippen LogP contribution in [0.4, 0.5) is 5.69 Å². The van der Waals surface area contributed by atoms with Crippen LogP contribution in [-0.4, -0.2) is 42.6 Å². The Morgan fingerprint density at radius 1 is 1.28 bits per heavy atom. The van der Waals surface area contributed by atoms with Crippen molar-refractivity contribution in [2.24, 2.45) is 16.8 Å².